The second-order valence-electron chi connectivity index (χ2n) is 4.69. The monoisotopic (exact) mass is 269 g/mol. The predicted molar refractivity (Wildman–Crippen MR) is 69.7 cm³/mol. The summed E-state index contributed by atoms with van der Waals surface area (Å²) in [4.78, 5) is 0.246. The van der Waals surface area contributed by atoms with Crippen LogP contribution in [0.15, 0.2) is 23.1 Å². The van der Waals surface area contributed by atoms with Crippen LogP contribution in [0.1, 0.15) is 37.3 Å². The molecule has 0 spiro atoms. The van der Waals surface area contributed by atoms with Crippen LogP contribution in [-0.4, -0.2) is 19.6 Å². The van der Waals surface area contributed by atoms with E-state index in [-0.39, 0.29) is 17.5 Å². The molecule has 0 radical (unpaired) electrons. The molecule has 1 aliphatic carbocycles. The van der Waals surface area contributed by atoms with Crippen LogP contribution in [0.5, 0.6) is 0 Å². The summed E-state index contributed by atoms with van der Waals surface area (Å²) in [6.07, 6.45) is 3.70. The summed E-state index contributed by atoms with van der Waals surface area (Å²) in [6.45, 7) is 1.85. The fourth-order valence-electron chi connectivity index (χ4n) is 2.08. The summed E-state index contributed by atoms with van der Waals surface area (Å²) in [7, 11) is -3.44. The van der Waals surface area contributed by atoms with Crippen molar-refractivity contribution in [3.05, 3.63) is 29.3 Å². The van der Waals surface area contributed by atoms with E-state index in [1.54, 1.807) is 18.2 Å². The number of sulfonamides is 1. The predicted octanol–water partition coefficient (Wildman–Crippen LogP) is 1.57. The van der Waals surface area contributed by atoms with Crippen LogP contribution in [0, 0.1) is 0 Å². The van der Waals surface area contributed by atoms with Gasteiger partial charge < -0.3 is 5.11 Å². The van der Waals surface area contributed by atoms with Crippen molar-refractivity contribution in [3.8, 4) is 0 Å². The first-order valence-electron chi connectivity index (χ1n) is 6.32. The lowest BCUT2D eigenvalue weighted by molar-refractivity contribution is 0.280. The molecule has 2 N–H and O–H groups in total. The highest BCUT2D eigenvalue weighted by atomic mass is 32.2. The molecular formula is C13H19NO3S. The van der Waals surface area contributed by atoms with E-state index >= 15 is 0 Å². The number of nitrogens with one attached hydrogen (secondary N) is 1. The van der Waals surface area contributed by atoms with E-state index in [1.165, 1.54) is 0 Å². The van der Waals surface area contributed by atoms with E-state index in [1.807, 2.05) is 6.92 Å². The second-order valence-corrected chi connectivity index (χ2v) is 6.41. The highest BCUT2D eigenvalue weighted by molar-refractivity contribution is 7.89. The number of benzene rings is 1. The molecular weight excluding hydrogens is 250 g/mol. The van der Waals surface area contributed by atoms with Crippen LogP contribution in [0.25, 0.3) is 0 Å². The highest BCUT2D eigenvalue weighted by Gasteiger charge is 2.24. The van der Waals surface area contributed by atoms with Gasteiger partial charge >= 0.3 is 0 Å². The fourth-order valence-corrected chi connectivity index (χ4v) is 3.43. The Bertz CT molecular complexity index is 521. The minimum Gasteiger partial charge on any atom is -0.392 e. The van der Waals surface area contributed by atoms with Gasteiger partial charge in [-0.1, -0.05) is 19.4 Å². The topological polar surface area (TPSA) is 66.4 Å². The summed E-state index contributed by atoms with van der Waals surface area (Å²) >= 11 is 0. The third kappa shape index (κ3) is 2.74. The van der Waals surface area contributed by atoms with Gasteiger partial charge in [0.2, 0.25) is 10.0 Å². The number of hydrogen-bond donors (Lipinski definition) is 2. The first-order valence-corrected chi connectivity index (χ1v) is 7.80. The Hall–Kier alpha value is -0.910. The summed E-state index contributed by atoms with van der Waals surface area (Å²) in [5, 5.41) is 9.26. The third-order valence-corrected chi connectivity index (χ3v) is 4.98. The van der Waals surface area contributed by atoms with Crippen molar-refractivity contribution < 1.29 is 13.5 Å². The van der Waals surface area contributed by atoms with E-state index < -0.39 is 10.0 Å². The van der Waals surface area contributed by atoms with E-state index in [9.17, 15) is 13.5 Å². The molecule has 2 rings (SSSR count). The Morgan fingerprint density at radius 1 is 1.33 bits per heavy atom. The molecule has 1 aromatic carbocycles. The van der Waals surface area contributed by atoms with Gasteiger partial charge in [0.05, 0.1) is 11.5 Å². The Morgan fingerprint density at radius 2 is 2.06 bits per heavy atom. The maximum absolute atomic E-state index is 12.1. The Balaban J connectivity index is 2.26. The van der Waals surface area contributed by atoms with Gasteiger partial charge in [0.15, 0.2) is 0 Å². The zero-order valence-electron chi connectivity index (χ0n) is 10.5. The summed E-state index contributed by atoms with van der Waals surface area (Å²) in [5.74, 6) is 0. The lowest BCUT2D eigenvalue weighted by Crippen LogP contribution is -2.39. The largest absolute Gasteiger partial charge is 0.392 e. The normalized spacial score (nSPS) is 16.6. The summed E-state index contributed by atoms with van der Waals surface area (Å²) in [6, 6.07) is 5.04. The SMILES string of the molecule is CCc1ccc(S(=O)(=O)NC2CCC2)cc1CO. The van der Waals surface area contributed by atoms with Crippen LogP contribution >= 0.6 is 0 Å². The standard InChI is InChI=1S/C13H19NO3S/c1-2-10-6-7-13(8-11(10)9-15)18(16,17)14-12-4-3-5-12/h6-8,12,14-15H,2-5,9H2,1H3. The van der Waals surface area contributed by atoms with Gasteiger partial charge in [0, 0.05) is 6.04 Å². The van der Waals surface area contributed by atoms with E-state index in [4.69, 9.17) is 0 Å². The van der Waals surface area contributed by atoms with Crippen molar-refractivity contribution in [2.24, 2.45) is 0 Å². The van der Waals surface area contributed by atoms with Gasteiger partial charge in [-0.05, 0) is 42.5 Å². The zero-order valence-corrected chi connectivity index (χ0v) is 11.3. The molecule has 1 aliphatic rings. The fraction of sp³-hybridized carbons (Fsp3) is 0.538. The van der Waals surface area contributed by atoms with Crippen molar-refractivity contribution in [2.45, 2.75) is 50.2 Å². The lowest BCUT2D eigenvalue weighted by Gasteiger charge is -2.26. The molecule has 1 saturated carbocycles. The Morgan fingerprint density at radius 3 is 2.56 bits per heavy atom. The van der Waals surface area contributed by atoms with Crippen LogP contribution in [-0.2, 0) is 23.1 Å². The first-order chi connectivity index (χ1) is 8.56. The second kappa shape index (κ2) is 5.38. The number of aryl methyl sites for hydroxylation is 1. The van der Waals surface area contributed by atoms with Crippen LogP contribution in [0.2, 0.25) is 0 Å². The van der Waals surface area contributed by atoms with Crippen LogP contribution < -0.4 is 4.72 Å². The molecule has 18 heavy (non-hydrogen) atoms. The van der Waals surface area contributed by atoms with Crippen molar-refractivity contribution in [2.75, 3.05) is 0 Å². The number of aliphatic hydroxyl groups excluding tert-OH is 1. The van der Waals surface area contributed by atoms with Gasteiger partial charge in [0.25, 0.3) is 0 Å². The quantitative estimate of drug-likeness (QED) is 0.852. The lowest BCUT2D eigenvalue weighted by atomic mass is 9.94. The van der Waals surface area contributed by atoms with Gasteiger partial charge in [-0.2, -0.15) is 0 Å². The number of hydrogen-bond acceptors (Lipinski definition) is 3. The molecule has 0 unspecified atom stereocenters. The summed E-state index contributed by atoms with van der Waals surface area (Å²) in [5.41, 5.74) is 1.68. The van der Waals surface area contributed by atoms with Crippen molar-refractivity contribution >= 4 is 10.0 Å². The molecule has 0 heterocycles. The van der Waals surface area contributed by atoms with Crippen LogP contribution in [0.4, 0.5) is 0 Å². The molecule has 1 fully saturated rings. The number of rotatable bonds is 5. The van der Waals surface area contributed by atoms with Gasteiger partial charge in [-0.15, -0.1) is 0 Å². The van der Waals surface area contributed by atoms with Crippen molar-refractivity contribution in [1.82, 2.24) is 4.72 Å². The molecule has 0 saturated heterocycles. The summed E-state index contributed by atoms with van der Waals surface area (Å²) < 4.78 is 26.9. The minimum atomic E-state index is -3.44. The Kier molecular flexibility index (Phi) is 4.04. The maximum Gasteiger partial charge on any atom is 0.240 e. The first kappa shape index (κ1) is 13.5. The number of aliphatic hydroxyl groups is 1. The van der Waals surface area contributed by atoms with Crippen molar-refractivity contribution in [1.29, 1.82) is 0 Å². The molecule has 1 aromatic rings. The average Bonchev–Trinajstić information content (AvgIpc) is 2.33. The molecule has 0 amide bonds. The smallest absolute Gasteiger partial charge is 0.240 e. The van der Waals surface area contributed by atoms with Crippen molar-refractivity contribution in [3.63, 3.8) is 0 Å². The van der Waals surface area contributed by atoms with E-state index in [0.717, 1.165) is 31.2 Å². The van der Waals surface area contributed by atoms with Gasteiger partial charge in [0.1, 0.15) is 0 Å². The molecule has 0 atom stereocenters. The molecule has 0 bridgehead atoms. The maximum atomic E-state index is 12.1. The average molecular weight is 269 g/mol. The minimum absolute atomic E-state index is 0.0819. The van der Waals surface area contributed by atoms with E-state index in [2.05, 4.69) is 4.72 Å². The Labute approximate surface area is 108 Å². The van der Waals surface area contributed by atoms with E-state index in [0.29, 0.717) is 5.56 Å². The molecule has 100 valence electrons. The zero-order chi connectivity index (χ0) is 13.2. The highest BCUT2D eigenvalue weighted by Crippen LogP contribution is 2.22. The molecule has 4 nitrogen and oxygen atoms in total. The molecule has 0 aliphatic heterocycles. The molecule has 5 heteroatoms. The third-order valence-electron chi connectivity index (χ3n) is 3.47. The van der Waals surface area contributed by atoms with Crippen LogP contribution in [0.3, 0.4) is 0 Å². The van der Waals surface area contributed by atoms with Gasteiger partial charge in [-0.25, -0.2) is 13.1 Å². The van der Waals surface area contributed by atoms with Gasteiger partial charge in [-0.3, -0.25) is 0 Å². The molecule has 0 aromatic heterocycles.